The van der Waals surface area contributed by atoms with Gasteiger partial charge in [0.05, 0.1) is 22.7 Å². The molecular formula is C24H22F3N3O. The number of amides is 1. The number of hydrogen-bond donors (Lipinski definition) is 1. The molecular weight excluding hydrogens is 403 g/mol. The Hall–Kier alpha value is -3.22. The van der Waals surface area contributed by atoms with Crippen molar-refractivity contribution in [1.29, 1.82) is 0 Å². The van der Waals surface area contributed by atoms with Crippen LogP contribution in [0.15, 0.2) is 54.7 Å². The Labute approximate surface area is 178 Å². The van der Waals surface area contributed by atoms with E-state index in [0.717, 1.165) is 22.2 Å². The van der Waals surface area contributed by atoms with E-state index in [0.29, 0.717) is 23.2 Å². The van der Waals surface area contributed by atoms with Gasteiger partial charge in [-0.05, 0) is 43.0 Å². The van der Waals surface area contributed by atoms with Crippen LogP contribution in [0.2, 0.25) is 0 Å². The van der Waals surface area contributed by atoms with Gasteiger partial charge in [0.2, 0.25) is 0 Å². The third kappa shape index (κ3) is 4.17. The molecule has 2 N–H and O–H groups in total. The minimum absolute atomic E-state index is 0.0359. The lowest BCUT2D eigenvalue weighted by Crippen LogP contribution is -2.24. The number of aromatic nitrogens is 2. The van der Waals surface area contributed by atoms with Gasteiger partial charge in [0.1, 0.15) is 0 Å². The standard InChI is InChI=1S/C24H22F3N3O/c1-14(20-7-2-3-12-29-20)21-19(23(28)31)13-16-5-4-6-18(22(16)30-21)15-8-10-17(11-9-15)24(25,26)27/h2-8,12-14,17H,9-11H2,1H3,(H2,28,31)/t14-,17?/m0/s1. The van der Waals surface area contributed by atoms with Crippen LogP contribution in [0.1, 0.15) is 59.4 Å². The molecule has 31 heavy (non-hydrogen) atoms. The highest BCUT2D eigenvalue weighted by Gasteiger charge is 2.39. The van der Waals surface area contributed by atoms with Crippen LogP contribution in [0, 0.1) is 5.92 Å². The second kappa shape index (κ2) is 8.13. The Morgan fingerprint density at radius 1 is 1.19 bits per heavy atom. The molecule has 0 fully saturated rings. The van der Waals surface area contributed by atoms with Gasteiger partial charge in [-0.25, -0.2) is 0 Å². The molecule has 7 heteroatoms. The molecule has 2 atom stereocenters. The molecule has 1 aliphatic carbocycles. The first-order valence-electron chi connectivity index (χ1n) is 10.2. The average molecular weight is 425 g/mol. The smallest absolute Gasteiger partial charge is 0.366 e. The van der Waals surface area contributed by atoms with Gasteiger partial charge in [-0.2, -0.15) is 13.2 Å². The van der Waals surface area contributed by atoms with Crippen molar-refractivity contribution in [2.45, 2.75) is 38.3 Å². The number of para-hydroxylation sites is 1. The van der Waals surface area contributed by atoms with Crippen molar-refractivity contribution >= 4 is 22.4 Å². The quantitative estimate of drug-likeness (QED) is 0.589. The maximum Gasteiger partial charge on any atom is 0.392 e. The fraction of sp³-hybridized carbons (Fsp3) is 0.292. The summed E-state index contributed by atoms with van der Waals surface area (Å²) in [6, 6.07) is 12.8. The number of nitrogens with zero attached hydrogens (tertiary/aromatic N) is 2. The number of primary amides is 1. The molecule has 1 aromatic carbocycles. The van der Waals surface area contributed by atoms with Gasteiger partial charge in [-0.15, -0.1) is 0 Å². The van der Waals surface area contributed by atoms with Crippen molar-refractivity contribution < 1.29 is 18.0 Å². The first-order chi connectivity index (χ1) is 14.8. The molecule has 4 nitrogen and oxygen atoms in total. The highest BCUT2D eigenvalue weighted by Crippen LogP contribution is 2.41. The number of allylic oxidation sites excluding steroid dienone is 2. The van der Waals surface area contributed by atoms with E-state index >= 15 is 0 Å². The molecule has 1 aliphatic rings. The van der Waals surface area contributed by atoms with E-state index in [9.17, 15) is 18.0 Å². The van der Waals surface area contributed by atoms with Crippen LogP contribution in [0.4, 0.5) is 13.2 Å². The SMILES string of the molecule is C[C@@H](c1ccccn1)c1nc2c(C3=CCC(C(F)(F)F)CC3)cccc2cc1C(N)=O. The van der Waals surface area contributed by atoms with Crippen molar-refractivity contribution in [2.24, 2.45) is 11.7 Å². The number of alkyl halides is 3. The summed E-state index contributed by atoms with van der Waals surface area (Å²) in [5.74, 6) is -2.17. The maximum absolute atomic E-state index is 13.1. The lowest BCUT2D eigenvalue weighted by Gasteiger charge is -2.25. The summed E-state index contributed by atoms with van der Waals surface area (Å²) in [5.41, 5.74) is 9.52. The third-order valence-corrected chi connectivity index (χ3v) is 5.90. The highest BCUT2D eigenvalue weighted by molar-refractivity contribution is 6.00. The van der Waals surface area contributed by atoms with Gasteiger partial charge in [-0.3, -0.25) is 14.8 Å². The fourth-order valence-electron chi connectivity index (χ4n) is 4.15. The van der Waals surface area contributed by atoms with E-state index in [1.54, 1.807) is 24.4 Å². The molecule has 2 heterocycles. The van der Waals surface area contributed by atoms with Gasteiger partial charge < -0.3 is 5.73 Å². The summed E-state index contributed by atoms with van der Waals surface area (Å²) >= 11 is 0. The van der Waals surface area contributed by atoms with Crippen LogP contribution < -0.4 is 5.73 Å². The topological polar surface area (TPSA) is 68.9 Å². The van der Waals surface area contributed by atoms with E-state index in [1.165, 1.54) is 0 Å². The minimum Gasteiger partial charge on any atom is -0.366 e. The largest absolute Gasteiger partial charge is 0.392 e. The molecule has 1 unspecified atom stereocenters. The number of pyridine rings is 2. The van der Waals surface area contributed by atoms with Gasteiger partial charge >= 0.3 is 6.18 Å². The molecule has 3 aromatic rings. The molecule has 0 spiro atoms. The summed E-state index contributed by atoms with van der Waals surface area (Å²) in [5, 5.41) is 0.724. The fourth-order valence-corrected chi connectivity index (χ4v) is 4.15. The summed E-state index contributed by atoms with van der Waals surface area (Å²) in [6.07, 6.45) is -0.490. The Morgan fingerprint density at radius 2 is 2.00 bits per heavy atom. The van der Waals surface area contributed by atoms with Crippen molar-refractivity contribution in [1.82, 2.24) is 9.97 Å². The molecule has 0 aliphatic heterocycles. The van der Waals surface area contributed by atoms with Gasteiger partial charge in [0.15, 0.2) is 0 Å². The van der Waals surface area contributed by atoms with Crippen LogP contribution in [0.25, 0.3) is 16.5 Å². The lowest BCUT2D eigenvalue weighted by molar-refractivity contribution is -0.175. The zero-order chi connectivity index (χ0) is 22.2. The molecule has 0 radical (unpaired) electrons. The van der Waals surface area contributed by atoms with Gasteiger partial charge in [0, 0.05) is 28.8 Å². The highest BCUT2D eigenvalue weighted by atomic mass is 19.4. The summed E-state index contributed by atoms with van der Waals surface area (Å²) in [4.78, 5) is 21.3. The molecule has 160 valence electrons. The number of nitrogens with two attached hydrogens (primary N) is 1. The lowest BCUT2D eigenvalue weighted by atomic mass is 9.85. The zero-order valence-electron chi connectivity index (χ0n) is 17.0. The first-order valence-corrected chi connectivity index (χ1v) is 10.2. The second-order valence-electron chi connectivity index (χ2n) is 7.88. The number of rotatable bonds is 4. The van der Waals surface area contributed by atoms with E-state index in [1.807, 2.05) is 37.3 Å². The molecule has 0 saturated carbocycles. The summed E-state index contributed by atoms with van der Waals surface area (Å²) in [6.45, 7) is 1.90. The van der Waals surface area contributed by atoms with Crippen molar-refractivity contribution in [3.63, 3.8) is 0 Å². The van der Waals surface area contributed by atoms with Crippen LogP contribution >= 0.6 is 0 Å². The molecule has 1 amide bonds. The van der Waals surface area contributed by atoms with E-state index < -0.39 is 18.0 Å². The number of benzene rings is 1. The molecule has 0 saturated heterocycles. The van der Waals surface area contributed by atoms with Crippen molar-refractivity contribution in [2.75, 3.05) is 0 Å². The van der Waals surface area contributed by atoms with Gasteiger partial charge in [-0.1, -0.05) is 37.3 Å². The second-order valence-corrected chi connectivity index (χ2v) is 7.88. The Bertz CT molecular complexity index is 1160. The predicted octanol–water partition coefficient (Wildman–Crippen LogP) is 5.63. The van der Waals surface area contributed by atoms with Crippen LogP contribution in [0.3, 0.4) is 0 Å². The summed E-state index contributed by atoms with van der Waals surface area (Å²) in [7, 11) is 0. The number of hydrogen-bond acceptors (Lipinski definition) is 3. The number of fused-ring (bicyclic) bond motifs is 1. The van der Waals surface area contributed by atoms with E-state index in [-0.39, 0.29) is 18.8 Å². The molecule has 2 aromatic heterocycles. The minimum atomic E-state index is -4.18. The number of carbonyl (C=O) groups is 1. The third-order valence-electron chi connectivity index (χ3n) is 5.90. The Morgan fingerprint density at radius 3 is 2.61 bits per heavy atom. The molecule has 0 bridgehead atoms. The number of halogens is 3. The van der Waals surface area contributed by atoms with Crippen LogP contribution in [0.5, 0.6) is 0 Å². The zero-order valence-corrected chi connectivity index (χ0v) is 17.0. The maximum atomic E-state index is 13.1. The molecule has 4 rings (SSSR count). The monoisotopic (exact) mass is 425 g/mol. The first kappa shape index (κ1) is 21.0. The van der Waals surface area contributed by atoms with Crippen LogP contribution in [-0.4, -0.2) is 22.1 Å². The van der Waals surface area contributed by atoms with E-state index in [2.05, 4.69) is 4.98 Å². The van der Waals surface area contributed by atoms with Crippen molar-refractivity contribution in [3.8, 4) is 0 Å². The van der Waals surface area contributed by atoms with E-state index in [4.69, 9.17) is 10.7 Å². The summed E-state index contributed by atoms with van der Waals surface area (Å²) < 4.78 is 39.2. The normalized spacial score (nSPS) is 17.9. The Balaban J connectivity index is 1.82. The Kier molecular flexibility index (Phi) is 5.52. The van der Waals surface area contributed by atoms with Crippen molar-refractivity contribution in [3.05, 3.63) is 77.3 Å². The predicted molar refractivity (Wildman–Crippen MR) is 113 cm³/mol. The number of carbonyl (C=O) groups excluding carboxylic acids is 1. The average Bonchev–Trinajstić information content (AvgIpc) is 2.77. The van der Waals surface area contributed by atoms with Gasteiger partial charge in [0.25, 0.3) is 5.91 Å². The van der Waals surface area contributed by atoms with Crippen LogP contribution in [-0.2, 0) is 0 Å².